The minimum atomic E-state index is -0.206. The summed E-state index contributed by atoms with van der Waals surface area (Å²) in [5.41, 5.74) is 0.432. The van der Waals surface area contributed by atoms with Gasteiger partial charge in [0.25, 0.3) is 5.56 Å². The Balaban J connectivity index is 1.96. The molecule has 5 nitrogen and oxygen atoms in total. The number of nitrogens with one attached hydrogen (secondary N) is 2. The number of aryl methyl sites for hydroxylation is 1. The van der Waals surface area contributed by atoms with Crippen LogP contribution in [0.1, 0.15) is 24.9 Å². The Bertz CT molecular complexity index is 685. The van der Waals surface area contributed by atoms with Crippen molar-refractivity contribution in [3.63, 3.8) is 0 Å². The van der Waals surface area contributed by atoms with E-state index >= 15 is 0 Å². The molecule has 0 unspecified atom stereocenters. The first kappa shape index (κ1) is 16.3. The summed E-state index contributed by atoms with van der Waals surface area (Å²) >= 11 is 1.53. The third kappa shape index (κ3) is 4.73. The van der Waals surface area contributed by atoms with E-state index in [4.69, 9.17) is 0 Å². The summed E-state index contributed by atoms with van der Waals surface area (Å²) < 4.78 is 0. The number of rotatable bonds is 6. The van der Waals surface area contributed by atoms with Crippen LogP contribution in [0.4, 0.5) is 0 Å². The van der Waals surface area contributed by atoms with Crippen LogP contribution < -0.4 is 10.9 Å². The van der Waals surface area contributed by atoms with Crippen LogP contribution in [0, 0.1) is 6.92 Å². The van der Waals surface area contributed by atoms with Crippen LogP contribution in [-0.4, -0.2) is 21.1 Å². The van der Waals surface area contributed by atoms with Crippen molar-refractivity contribution < 1.29 is 4.79 Å². The zero-order chi connectivity index (χ0) is 15.9. The highest BCUT2D eigenvalue weighted by Crippen LogP contribution is 2.25. The van der Waals surface area contributed by atoms with Crippen LogP contribution in [0.15, 0.2) is 46.1 Å². The molecule has 0 radical (unpaired) electrons. The first-order valence-electron chi connectivity index (χ1n) is 7.14. The zero-order valence-electron chi connectivity index (χ0n) is 12.6. The van der Waals surface area contributed by atoms with Gasteiger partial charge in [0.05, 0.1) is 11.8 Å². The van der Waals surface area contributed by atoms with E-state index in [2.05, 4.69) is 15.3 Å². The van der Waals surface area contributed by atoms with E-state index in [1.807, 2.05) is 37.3 Å². The van der Waals surface area contributed by atoms with E-state index in [-0.39, 0.29) is 23.3 Å². The average Bonchev–Trinajstić information content (AvgIpc) is 2.50. The van der Waals surface area contributed by atoms with E-state index in [1.54, 1.807) is 6.92 Å². The molecule has 0 bridgehead atoms. The lowest BCUT2D eigenvalue weighted by Gasteiger charge is -2.14. The van der Waals surface area contributed by atoms with Crippen molar-refractivity contribution in [1.82, 2.24) is 15.3 Å². The average molecular weight is 317 g/mol. The van der Waals surface area contributed by atoms with Crippen molar-refractivity contribution >= 4 is 17.7 Å². The summed E-state index contributed by atoms with van der Waals surface area (Å²) in [5.74, 6) is 0.415. The van der Waals surface area contributed by atoms with Crippen molar-refractivity contribution in [2.75, 3.05) is 0 Å². The van der Waals surface area contributed by atoms with E-state index in [9.17, 15) is 9.59 Å². The van der Waals surface area contributed by atoms with Crippen molar-refractivity contribution in [2.24, 2.45) is 0 Å². The second kappa shape index (κ2) is 7.79. The highest BCUT2D eigenvalue weighted by Gasteiger charge is 2.17. The van der Waals surface area contributed by atoms with Crippen molar-refractivity contribution in [3.8, 4) is 0 Å². The molecular weight excluding hydrogens is 298 g/mol. The SMILES string of the molecule is CC[C@H](Sc1ccccc1)C(=O)NCc1nc(C)cc(=O)[nH]1. The largest absolute Gasteiger partial charge is 0.348 e. The predicted octanol–water partition coefficient (Wildman–Crippen LogP) is 2.27. The number of H-pyrrole nitrogens is 1. The molecule has 6 heteroatoms. The molecule has 0 fully saturated rings. The van der Waals surface area contributed by atoms with E-state index in [0.29, 0.717) is 11.5 Å². The Morgan fingerprint density at radius 3 is 2.73 bits per heavy atom. The first-order chi connectivity index (χ1) is 10.6. The number of hydrogen-bond donors (Lipinski definition) is 2. The van der Waals surface area contributed by atoms with E-state index < -0.39 is 0 Å². The minimum Gasteiger partial charge on any atom is -0.348 e. The van der Waals surface area contributed by atoms with Crippen LogP contribution in [0.2, 0.25) is 0 Å². The molecule has 22 heavy (non-hydrogen) atoms. The maximum atomic E-state index is 12.3. The number of carbonyl (C=O) groups is 1. The molecule has 0 saturated heterocycles. The van der Waals surface area contributed by atoms with Gasteiger partial charge in [-0.05, 0) is 25.5 Å². The molecule has 2 aromatic rings. The molecule has 0 aliphatic rings. The van der Waals surface area contributed by atoms with Gasteiger partial charge in [0, 0.05) is 16.7 Å². The number of thioether (sulfide) groups is 1. The Morgan fingerprint density at radius 2 is 2.09 bits per heavy atom. The Kier molecular flexibility index (Phi) is 5.77. The van der Waals surface area contributed by atoms with Crippen molar-refractivity contribution in [3.05, 3.63) is 58.3 Å². The van der Waals surface area contributed by atoms with Gasteiger partial charge in [-0.15, -0.1) is 11.8 Å². The van der Waals surface area contributed by atoms with Crippen LogP contribution in [0.3, 0.4) is 0 Å². The topological polar surface area (TPSA) is 74.8 Å². The summed E-state index contributed by atoms with van der Waals surface area (Å²) in [5, 5.41) is 2.66. The summed E-state index contributed by atoms with van der Waals surface area (Å²) in [4.78, 5) is 31.5. The second-order valence-corrected chi connectivity index (χ2v) is 6.16. The van der Waals surface area contributed by atoms with Crippen molar-refractivity contribution in [1.29, 1.82) is 0 Å². The number of nitrogens with zero attached hydrogens (tertiary/aromatic N) is 1. The number of benzene rings is 1. The molecule has 0 aliphatic heterocycles. The number of aromatic nitrogens is 2. The van der Waals surface area contributed by atoms with Gasteiger partial charge in [-0.25, -0.2) is 4.98 Å². The number of hydrogen-bond acceptors (Lipinski definition) is 4. The molecule has 2 N–H and O–H groups in total. The van der Waals surface area contributed by atoms with Crippen LogP contribution in [-0.2, 0) is 11.3 Å². The van der Waals surface area contributed by atoms with Crippen LogP contribution in [0.25, 0.3) is 0 Å². The smallest absolute Gasteiger partial charge is 0.251 e. The van der Waals surface area contributed by atoms with Crippen LogP contribution >= 0.6 is 11.8 Å². The van der Waals surface area contributed by atoms with Gasteiger partial charge in [-0.1, -0.05) is 25.1 Å². The Hall–Kier alpha value is -2.08. The maximum absolute atomic E-state index is 12.3. The molecule has 1 atom stereocenters. The first-order valence-corrected chi connectivity index (χ1v) is 8.02. The van der Waals surface area contributed by atoms with Gasteiger partial charge in [0.15, 0.2) is 0 Å². The molecular formula is C16H19N3O2S. The molecule has 0 aliphatic carbocycles. The summed E-state index contributed by atoms with van der Waals surface area (Å²) in [7, 11) is 0. The molecule has 2 rings (SSSR count). The van der Waals surface area contributed by atoms with Crippen LogP contribution in [0.5, 0.6) is 0 Å². The summed E-state index contributed by atoms with van der Waals surface area (Å²) in [6.07, 6.45) is 0.725. The molecule has 1 heterocycles. The molecule has 0 spiro atoms. The fourth-order valence-electron chi connectivity index (χ4n) is 2.00. The molecule has 116 valence electrons. The minimum absolute atomic E-state index is 0.0551. The van der Waals surface area contributed by atoms with E-state index in [0.717, 1.165) is 11.3 Å². The van der Waals surface area contributed by atoms with Gasteiger partial charge in [-0.2, -0.15) is 0 Å². The predicted molar refractivity (Wildman–Crippen MR) is 87.8 cm³/mol. The lowest BCUT2D eigenvalue weighted by atomic mass is 10.3. The lowest BCUT2D eigenvalue weighted by molar-refractivity contribution is -0.120. The standard InChI is InChI=1S/C16H19N3O2S/c1-3-13(22-12-7-5-4-6-8-12)16(21)17-10-14-18-11(2)9-15(20)19-14/h4-9,13H,3,10H2,1-2H3,(H,17,21)(H,18,19,20)/t13-/m0/s1. The van der Waals surface area contributed by atoms with Gasteiger partial charge >= 0.3 is 0 Å². The second-order valence-electron chi connectivity index (χ2n) is 4.88. The third-order valence-corrected chi connectivity index (χ3v) is 4.41. The highest BCUT2D eigenvalue weighted by atomic mass is 32.2. The highest BCUT2D eigenvalue weighted by molar-refractivity contribution is 8.00. The number of aromatic amines is 1. The molecule has 0 saturated carbocycles. The summed E-state index contributed by atoms with van der Waals surface area (Å²) in [6.45, 7) is 3.95. The molecule has 1 aromatic carbocycles. The van der Waals surface area contributed by atoms with Gasteiger partial charge < -0.3 is 10.3 Å². The molecule has 1 amide bonds. The normalized spacial score (nSPS) is 11.9. The molecule has 1 aromatic heterocycles. The van der Waals surface area contributed by atoms with Gasteiger partial charge in [-0.3, -0.25) is 9.59 Å². The fourth-order valence-corrected chi connectivity index (χ4v) is 2.99. The third-order valence-electron chi connectivity index (χ3n) is 3.03. The van der Waals surface area contributed by atoms with E-state index in [1.165, 1.54) is 17.8 Å². The monoisotopic (exact) mass is 317 g/mol. The number of amides is 1. The number of carbonyl (C=O) groups excluding carboxylic acids is 1. The fraction of sp³-hybridized carbons (Fsp3) is 0.312. The summed E-state index contributed by atoms with van der Waals surface area (Å²) in [6, 6.07) is 11.2. The lowest BCUT2D eigenvalue weighted by Crippen LogP contribution is -2.33. The Labute approximate surface area is 133 Å². The van der Waals surface area contributed by atoms with Gasteiger partial charge in [0.1, 0.15) is 5.82 Å². The zero-order valence-corrected chi connectivity index (χ0v) is 13.4. The quantitative estimate of drug-likeness (QED) is 0.802. The maximum Gasteiger partial charge on any atom is 0.251 e. The van der Waals surface area contributed by atoms with Gasteiger partial charge in [0.2, 0.25) is 5.91 Å². The van der Waals surface area contributed by atoms with Crippen molar-refractivity contribution in [2.45, 2.75) is 37.0 Å². The Morgan fingerprint density at radius 1 is 1.36 bits per heavy atom.